The molecular formula is C12H7N5. The van der Waals surface area contributed by atoms with Crippen molar-refractivity contribution < 1.29 is 0 Å². The van der Waals surface area contributed by atoms with Gasteiger partial charge >= 0.3 is 0 Å². The summed E-state index contributed by atoms with van der Waals surface area (Å²) in [5.41, 5.74) is 1.19. The standard InChI is InChI=1S/C12H7N5/c13-6-11(7-14)12(17-9-15-8-16-17)10-4-2-1-3-5-10/h1-5,8-9H. The Balaban J connectivity index is 2.68. The van der Waals surface area contributed by atoms with Crippen molar-refractivity contribution >= 4 is 5.70 Å². The molecule has 0 saturated heterocycles. The van der Waals surface area contributed by atoms with E-state index in [0.717, 1.165) is 5.56 Å². The SMILES string of the molecule is N#CC(C#N)=C(c1ccccc1)n1cncn1. The quantitative estimate of drug-likeness (QED) is 0.721. The van der Waals surface area contributed by atoms with Gasteiger partial charge in [-0.3, -0.25) is 0 Å². The Morgan fingerprint density at radius 3 is 2.35 bits per heavy atom. The fourth-order valence-corrected chi connectivity index (χ4v) is 1.44. The van der Waals surface area contributed by atoms with Crippen LogP contribution in [0.25, 0.3) is 5.70 Å². The summed E-state index contributed by atoms with van der Waals surface area (Å²) in [5.74, 6) is 0. The molecule has 0 aliphatic heterocycles. The summed E-state index contributed by atoms with van der Waals surface area (Å²) in [6.45, 7) is 0. The molecule has 0 amide bonds. The lowest BCUT2D eigenvalue weighted by Gasteiger charge is -2.06. The second kappa shape index (κ2) is 4.73. The van der Waals surface area contributed by atoms with E-state index in [1.54, 1.807) is 0 Å². The van der Waals surface area contributed by atoms with Crippen molar-refractivity contribution in [2.24, 2.45) is 0 Å². The smallest absolute Gasteiger partial charge is 0.155 e. The highest BCUT2D eigenvalue weighted by Crippen LogP contribution is 2.19. The van der Waals surface area contributed by atoms with Gasteiger partial charge in [0.2, 0.25) is 0 Å². The minimum absolute atomic E-state index is 0.00157. The third-order valence-electron chi connectivity index (χ3n) is 2.16. The lowest BCUT2D eigenvalue weighted by Crippen LogP contribution is -2.02. The van der Waals surface area contributed by atoms with Crippen molar-refractivity contribution in [3.8, 4) is 12.1 Å². The predicted molar refractivity (Wildman–Crippen MR) is 60.0 cm³/mol. The summed E-state index contributed by atoms with van der Waals surface area (Å²) in [7, 11) is 0. The summed E-state index contributed by atoms with van der Waals surface area (Å²) in [4.78, 5) is 3.82. The molecule has 17 heavy (non-hydrogen) atoms. The summed E-state index contributed by atoms with van der Waals surface area (Å²) >= 11 is 0. The number of nitriles is 2. The highest BCUT2D eigenvalue weighted by atomic mass is 15.3. The van der Waals surface area contributed by atoms with Crippen LogP contribution in [0.5, 0.6) is 0 Å². The zero-order chi connectivity index (χ0) is 12.1. The second-order valence-electron chi connectivity index (χ2n) is 3.15. The Kier molecular flexibility index (Phi) is 2.95. The molecule has 2 rings (SSSR count). The Bertz CT molecular complexity index is 595. The van der Waals surface area contributed by atoms with Gasteiger partial charge in [0.15, 0.2) is 5.57 Å². The lowest BCUT2D eigenvalue weighted by molar-refractivity contribution is 0.899. The van der Waals surface area contributed by atoms with E-state index in [4.69, 9.17) is 10.5 Å². The van der Waals surface area contributed by atoms with E-state index in [9.17, 15) is 0 Å². The summed E-state index contributed by atoms with van der Waals surface area (Å²) in [6, 6.07) is 12.9. The Morgan fingerprint density at radius 2 is 1.82 bits per heavy atom. The molecule has 0 unspecified atom stereocenters. The molecule has 0 spiro atoms. The van der Waals surface area contributed by atoms with Crippen molar-refractivity contribution in [2.75, 3.05) is 0 Å². The topological polar surface area (TPSA) is 78.3 Å². The van der Waals surface area contributed by atoms with Crippen LogP contribution in [0, 0.1) is 22.7 Å². The molecule has 0 atom stereocenters. The van der Waals surface area contributed by atoms with Crippen molar-refractivity contribution in [2.45, 2.75) is 0 Å². The first-order chi connectivity index (χ1) is 8.36. The first-order valence-electron chi connectivity index (χ1n) is 4.81. The number of allylic oxidation sites excluding steroid dienone is 1. The van der Waals surface area contributed by atoms with E-state index in [1.807, 2.05) is 42.5 Å². The van der Waals surface area contributed by atoms with Crippen LogP contribution in [-0.2, 0) is 0 Å². The van der Waals surface area contributed by atoms with E-state index in [-0.39, 0.29) is 5.57 Å². The third kappa shape index (κ3) is 2.04. The van der Waals surface area contributed by atoms with Gasteiger partial charge in [-0.2, -0.15) is 15.6 Å². The zero-order valence-electron chi connectivity index (χ0n) is 8.78. The molecule has 1 aromatic carbocycles. The van der Waals surface area contributed by atoms with E-state index in [2.05, 4.69) is 10.1 Å². The van der Waals surface area contributed by atoms with Crippen molar-refractivity contribution in [3.63, 3.8) is 0 Å². The molecule has 0 saturated carbocycles. The first kappa shape index (κ1) is 10.6. The molecular weight excluding hydrogens is 214 g/mol. The molecule has 0 fully saturated rings. The third-order valence-corrected chi connectivity index (χ3v) is 2.16. The normalized spacial score (nSPS) is 9.06. The van der Waals surface area contributed by atoms with Gasteiger partial charge in [0, 0.05) is 5.56 Å². The minimum Gasteiger partial charge on any atom is -0.223 e. The summed E-state index contributed by atoms with van der Waals surface area (Å²) in [6.07, 6.45) is 2.81. The van der Waals surface area contributed by atoms with Crippen LogP contribution in [-0.4, -0.2) is 14.8 Å². The monoisotopic (exact) mass is 221 g/mol. The van der Waals surface area contributed by atoms with Crippen LogP contribution < -0.4 is 0 Å². The van der Waals surface area contributed by atoms with Gasteiger partial charge in [-0.1, -0.05) is 30.3 Å². The van der Waals surface area contributed by atoms with E-state index in [1.165, 1.54) is 17.3 Å². The molecule has 0 bridgehead atoms. The predicted octanol–water partition coefficient (Wildman–Crippen LogP) is 1.58. The number of benzene rings is 1. The van der Waals surface area contributed by atoms with Gasteiger partial charge in [-0.15, -0.1) is 0 Å². The maximum absolute atomic E-state index is 8.96. The van der Waals surface area contributed by atoms with Gasteiger partial charge in [0.25, 0.3) is 0 Å². The van der Waals surface area contributed by atoms with Crippen LogP contribution in [0.1, 0.15) is 5.56 Å². The van der Waals surface area contributed by atoms with Crippen LogP contribution in [0.2, 0.25) is 0 Å². The Labute approximate surface area is 97.9 Å². The maximum atomic E-state index is 8.96. The Hall–Kier alpha value is -2.92. The van der Waals surface area contributed by atoms with E-state index >= 15 is 0 Å². The maximum Gasteiger partial charge on any atom is 0.155 e. The summed E-state index contributed by atoms with van der Waals surface area (Å²) in [5, 5.41) is 21.9. The fraction of sp³-hybridized carbons (Fsp3) is 0. The lowest BCUT2D eigenvalue weighted by atomic mass is 10.1. The largest absolute Gasteiger partial charge is 0.223 e. The fourth-order valence-electron chi connectivity index (χ4n) is 1.44. The second-order valence-corrected chi connectivity index (χ2v) is 3.15. The van der Waals surface area contributed by atoms with Crippen LogP contribution in [0.4, 0.5) is 0 Å². The minimum atomic E-state index is 0.00157. The van der Waals surface area contributed by atoms with Crippen LogP contribution in [0.15, 0.2) is 48.6 Å². The summed E-state index contributed by atoms with van der Waals surface area (Å²) < 4.78 is 1.41. The molecule has 1 aromatic heterocycles. The molecule has 5 nitrogen and oxygen atoms in total. The number of rotatable bonds is 2. The van der Waals surface area contributed by atoms with Gasteiger partial charge in [-0.05, 0) is 0 Å². The number of nitrogens with zero attached hydrogens (tertiary/aromatic N) is 5. The highest BCUT2D eigenvalue weighted by Gasteiger charge is 2.11. The molecule has 5 heteroatoms. The molecule has 0 aliphatic rings. The molecule has 1 heterocycles. The molecule has 80 valence electrons. The van der Waals surface area contributed by atoms with E-state index in [0.29, 0.717) is 5.70 Å². The van der Waals surface area contributed by atoms with Crippen LogP contribution in [0.3, 0.4) is 0 Å². The number of aromatic nitrogens is 3. The van der Waals surface area contributed by atoms with Gasteiger partial charge < -0.3 is 0 Å². The van der Waals surface area contributed by atoms with Crippen molar-refractivity contribution in [1.82, 2.24) is 14.8 Å². The van der Waals surface area contributed by atoms with E-state index < -0.39 is 0 Å². The zero-order valence-corrected chi connectivity index (χ0v) is 8.78. The average Bonchev–Trinajstić information content (AvgIpc) is 2.90. The first-order valence-corrected chi connectivity index (χ1v) is 4.81. The Morgan fingerprint density at radius 1 is 1.12 bits per heavy atom. The van der Waals surface area contributed by atoms with Crippen LogP contribution >= 0.6 is 0 Å². The molecule has 0 N–H and O–H groups in total. The molecule has 0 aliphatic carbocycles. The molecule has 0 radical (unpaired) electrons. The molecule has 2 aromatic rings. The van der Waals surface area contributed by atoms with Gasteiger partial charge in [0.1, 0.15) is 30.5 Å². The van der Waals surface area contributed by atoms with Gasteiger partial charge in [0.05, 0.1) is 0 Å². The van der Waals surface area contributed by atoms with Crippen molar-refractivity contribution in [1.29, 1.82) is 10.5 Å². The highest BCUT2D eigenvalue weighted by molar-refractivity contribution is 5.74. The number of hydrogen-bond acceptors (Lipinski definition) is 4. The average molecular weight is 221 g/mol. The van der Waals surface area contributed by atoms with Gasteiger partial charge in [-0.25, -0.2) is 9.67 Å². The number of hydrogen-bond donors (Lipinski definition) is 0. The van der Waals surface area contributed by atoms with Crippen molar-refractivity contribution in [3.05, 3.63) is 54.1 Å².